The molecule has 0 saturated carbocycles. The first-order valence-corrected chi connectivity index (χ1v) is 7.50. The van der Waals surface area contributed by atoms with E-state index in [1.54, 1.807) is 7.05 Å². The average Bonchev–Trinajstić information content (AvgIpc) is 2.75. The van der Waals surface area contributed by atoms with Crippen molar-refractivity contribution >= 4 is 19.7 Å². The molecule has 1 aromatic carbocycles. The summed E-state index contributed by atoms with van der Waals surface area (Å²) in [6.45, 7) is -0.153. The molecule has 2 rings (SSSR count). The van der Waals surface area contributed by atoms with Gasteiger partial charge >= 0.3 is 0 Å². The lowest BCUT2D eigenvalue weighted by molar-refractivity contribution is 0.269. The van der Waals surface area contributed by atoms with E-state index in [9.17, 15) is 17.2 Å². The van der Waals surface area contributed by atoms with Gasteiger partial charge in [-0.3, -0.25) is 4.68 Å². The molecule has 0 atom stereocenters. The quantitative estimate of drug-likeness (QED) is 0.799. The van der Waals surface area contributed by atoms with Crippen molar-refractivity contribution < 1.29 is 21.9 Å². The Labute approximate surface area is 117 Å². The summed E-state index contributed by atoms with van der Waals surface area (Å²) in [5.74, 6) is -3.09. The predicted octanol–water partition coefficient (Wildman–Crippen LogP) is 1.60. The van der Waals surface area contributed by atoms with Crippen LogP contribution in [0.15, 0.2) is 23.4 Å². The zero-order chi connectivity index (χ0) is 14.9. The van der Waals surface area contributed by atoms with Crippen LogP contribution >= 0.6 is 10.7 Å². The first-order valence-electron chi connectivity index (χ1n) is 5.19. The lowest BCUT2D eigenvalue weighted by Crippen LogP contribution is -2.07. The van der Waals surface area contributed by atoms with Crippen LogP contribution in [0.4, 0.5) is 8.78 Å². The number of nitrogens with zero attached hydrogens (tertiary/aromatic N) is 3. The van der Waals surface area contributed by atoms with Crippen LogP contribution in [0.25, 0.3) is 0 Å². The van der Waals surface area contributed by atoms with Crippen molar-refractivity contribution in [2.45, 2.75) is 11.5 Å². The Balaban J connectivity index is 2.27. The van der Waals surface area contributed by atoms with Gasteiger partial charge in [0.1, 0.15) is 17.8 Å². The molecule has 0 N–H and O–H groups in total. The molecule has 0 bridgehead atoms. The van der Waals surface area contributed by atoms with E-state index < -0.39 is 31.3 Å². The minimum atomic E-state index is -4.36. The van der Waals surface area contributed by atoms with E-state index in [0.717, 1.165) is 12.1 Å². The zero-order valence-corrected chi connectivity index (χ0v) is 11.6. The van der Waals surface area contributed by atoms with Crippen LogP contribution in [0.2, 0.25) is 0 Å². The van der Waals surface area contributed by atoms with Crippen molar-refractivity contribution in [3.8, 4) is 5.75 Å². The van der Waals surface area contributed by atoms with Crippen LogP contribution in [0.1, 0.15) is 5.82 Å². The summed E-state index contributed by atoms with van der Waals surface area (Å²) in [5.41, 5.74) is 0. The highest BCUT2D eigenvalue weighted by Gasteiger charge is 2.22. The minimum Gasteiger partial charge on any atom is -0.482 e. The Bertz CT molecular complexity index is 748. The molecule has 0 amide bonds. The summed E-state index contributed by atoms with van der Waals surface area (Å²) in [7, 11) is 2.21. The Morgan fingerprint density at radius 2 is 2.05 bits per heavy atom. The molecule has 10 heteroatoms. The van der Waals surface area contributed by atoms with Crippen LogP contribution in [-0.2, 0) is 22.7 Å². The largest absolute Gasteiger partial charge is 0.482 e. The molecule has 1 heterocycles. The fourth-order valence-corrected chi connectivity index (χ4v) is 2.30. The normalized spacial score (nSPS) is 11.6. The smallest absolute Gasteiger partial charge is 0.264 e. The maximum atomic E-state index is 13.7. The lowest BCUT2D eigenvalue weighted by Gasteiger charge is -2.08. The van der Waals surface area contributed by atoms with Gasteiger partial charge in [-0.15, -0.1) is 0 Å². The van der Waals surface area contributed by atoms with Gasteiger partial charge in [-0.25, -0.2) is 17.8 Å². The SMILES string of the molecule is Cn1ncnc1COc1ccc(S(=O)(=O)Cl)c(F)c1F. The highest BCUT2D eigenvalue weighted by atomic mass is 35.7. The standard InChI is InChI=1S/C10H8ClF2N3O3S/c1-16-8(14-5-15-16)4-19-6-2-3-7(20(11,17)18)10(13)9(6)12/h2-3,5H,4H2,1H3. The number of hydrogen-bond acceptors (Lipinski definition) is 5. The molecule has 0 aliphatic carbocycles. The van der Waals surface area contributed by atoms with E-state index in [2.05, 4.69) is 10.1 Å². The van der Waals surface area contributed by atoms with Gasteiger partial charge in [0.05, 0.1) is 0 Å². The van der Waals surface area contributed by atoms with Crippen LogP contribution in [0.5, 0.6) is 5.75 Å². The second-order valence-electron chi connectivity index (χ2n) is 3.72. The number of hydrogen-bond donors (Lipinski definition) is 0. The molecule has 0 aliphatic rings. The molecule has 6 nitrogen and oxygen atoms in total. The lowest BCUT2D eigenvalue weighted by atomic mass is 10.3. The molecule has 20 heavy (non-hydrogen) atoms. The summed E-state index contributed by atoms with van der Waals surface area (Å²) in [4.78, 5) is 2.89. The van der Waals surface area contributed by atoms with E-state index in [-0.39, 0.29) is 6.61 Å². The molecule has 1 aromatic heterocycles. The van der Waals surface area contributed by atoms with Crippen LogP contribution in [0, 0.1) is 11.6 Å². The first-order chi connectivity index (χ1) is 9.30. The topological polar surface area (TPSA) is 74.1 Å². The number of halogens is 3. The van der Waals surface area contributed by atoms with Gasteiger partial charge in [-0.1, -0.05) is 0 Å². The van der Waals surface area contributed by atoms with Crippen molar-refractivity contribution in [3.05, 3.63) is 35.9 Å². The third kappa shape index (κ3) is 2.88. The van der Waals surface area contributed by atoms with Gasteiger partial charge in [0.25, 0.3) is 9.05 Å². The minimum absolute atomic E-state index is 0.153. The molecule has 0 aliphatic heterocycles. The second-order valence-corrected chi connectivity index (χ2v) is 6.25. The second kappa shape index (κ2) is 5.33. The third-order valence-corrected chi connectivity index (χ3v) is 3.78. The summed E-state index contributed by atoms with van der Waals surface area (Å²) in [5, 5.41) is 3.78. The number of aromatic nitrogens is 3. The Morgan fingerprint density at radius 1 is 1.35 bits per heavy atom. The monoisotopic (exact) mass is 323 g/mol. The number of benzene rings is 1. The van der Waals surface area contributed by atoms with Crippen LogP contribution < -0.4 is 4.74 Å². The molecule has 0 spiro atoms. The first kappa shape index (κ1) is 14.7. The highest BCUT2D eigenvalue weighted by molar-refractivity contribution is 8.13. The fraction of sp³-hybridized carbons (Fsp3) is 0.200. The molecule has 108 valence electrons. The maximum Gasteiger partial charge on any atom is 0.264 e. The zero-order valence-electron chi connectivity index (χ0n) is 10.0. The summed E-state index contributed by atoms with van der Waals surface area (Å²) in [6.07, 6.45) is 1.28. The number of aryl methyl sites for hydroxylation is 1. The van der Waals surface area contributed by atoms with E-state index in [1.807, 2.05) is 0 Å². The van der Waals surface area contributed by atoms with E-state index in [0.29, 0.717) is 5.82 Å². The Morgan fingerprint density at radius 3 is 2.60 bits per heavy atom. The number of rotatable bonds is 4. The molecule has 0 saturated heterocycles. The molecular formula is C10H8ClF2N3O3S. The van der Waals surface area contributed by atoms with Crippen LogP contribution in [-0.4, -0.2) is 23.2 Å². The van der Waals surface area contributed by atoms with E-state index in [1.165, 1.54) is 11.0 Å². The fourth-order valence-electron chi connectivity index (χ4n) is 1.41. The van der Waals surface area contributed by atoms with Crippen molar-refractivity contribution in [1.29, 1.82) is 0 Å². The van der Waals surface area contributed by atoms with Gasteiger partial charge < -0.3 is 4.74 Å². The molecule has 0 fully saturated rings. The highest BCUT2D eigenvalue weighted by Crippen LogP contribution is 2.27. The summed E-state index contributed by atoms with van der Waals surface area (Å²) in [6, 6.07) is 1.80. The van der Waals surface area contributed by atoms with Crippen molar-refractivity contribution in [3.63, 3.8) is 0 Å². The summed E-state index contributed by atoms with van der Waals surface area (Å²) < 4.78 is 55.6. The van der Waals surface area contributed by atoms with Crippen LogP contribution in [0.3, 0.4) is 0 Å². The summed E-state index contributed by atoms with van der Waals surface area (Å²) >= 11 is 0. The molecule has 2 aromatic rings. The number of ether oxygens (including phenoxy) is 1. The van der Waals surface area contributed by atoms with Gasteiger partial charge in [0.15, 0.2) is 17.4 Å². The maximum absolute atomic E-state index is 13.7. The molecular weight excluding hydrogens is 316 g/mol. The third-order valence-electron chi connectivity index (χ3n) is 2.44. The van der Waals surface area contributed by atoms with Crippen molar-refractivity contribution in [1.82, 2.24) is 14.8 Å². The van der Waals surface area contributed by atoms with Gasteiger partial charge in [0, 0.05) is 17.7 Å². The van der Waals surface area contributed by atoms with Gasteiger partial charge in [0.2, 0.25) is 5.82 Å². The van der Waals surface area contributed by atoms with Gasteiger partial charge in [-0.05, 0) is 12.1 Å². The van der Waals surface area contributed by atoms with E-state index in [4.69, 9.17) is 15.4 Å². The van der Waals surface area contributed by atoms with Gasteiger partial charge in [-0.2, -0.15) is 9.49 Å². The predicted molar refractivity (Wildman–Crippen MR) is 64.7 cm³/mol. The van der Waals surface area contributed by atoms with Crippen molar-refractivity contribution in [2.75, 3.05) is 0 Å². The van der Waals surface area contributed by atoms with E-state index >= 15 is 0 Å². The Kier molecular flexibility index (Phi) is 3.91. The molecule has 0 radical (unpaired) electrons. The average molecular weight is 324 g/mol. The molecule has 0 unspecified atom stereocenters. The Hall–Kier alpha value is -1.74. The van der Waals surface area contributed by atoms with Crippen molar-refractivity contribution in [2.24, 2.45) is 7.05 Å².